The molecule has 1 fully saturated rings. The van der Waals surface area contributed by atoms with Crippen molar-refractivity contribution in [2.45, 2.75) is 12.1 Å². The number of thioether (sulfide) groups is 1. The van der Waals surface area contributed by atoms with Crippen molar-refractivity contribution in [3.8, 4) is 5.75 Å². The SMILES string of the molecule is NC(C(=O)O)c1ccc(OC2CSC2)c(Cl)c1. The van der Waals surface area contributed by atoms with E-state index in [1.54, 1.807) is 18.2 Å². The quantitative estimate of drug-likeness (QED) is 0.877. The van der Waals surface area contributed by atoms with Crippen LogP contribution in [-0.4, -0.2) is 28.7 Å². The van der Waals surface area contributed by atoms with Crippen LogP contribution in [0.15, 0.2) is 18.2 Å². The van der Waals surface area contributed by atoms with Crippen LogP contribution in [0.3, 0.4) is 0 Å². The van der Waals surface area contributed by atoms with E-state index in [1.807, 2.05) is 11.8 Å². The number of hydrogen-bond acceptors (Lipinski definition) is 4. The molecule has 92 valence electrons. The summed E-state index contributed by atoms with van der Waals surface area (Å²) in [5, 5.41) is 9.19. The number of carboxylic acid groups (broad SMARTS) is 1. The first kappa shape index (κ1) is 12.5. The minimum Gasteiger partial charge on any atom is -0.487 e. The second kappa shape index (κ2) is 5.16. The van der Waals surface area contributed by atoms with Crippen LogP contribution in [0.1, 0.15) is 11.6 Å². The van der Waals surface area contributed by atoms with Gasteiger partial charge in [0.25, 0.3) is 0 Å². The number of hydrogen-bond donors (Lipinski definition) is 2. The summed E-state index contributed by atoms with van der Waals surface area (Å²) >= 11 is 7.84. The van der Waals surface area contributed by atoms with Crippen LogP contribution in [-0.2, 0) is 4.79 Å². The maximum atomic E-state index is 10.7. The van der Waals surface area contributed by atoms with E-state index in [-0.39, 0.29) is 6.10 Å². The molecule has 0 saturated carbocycles. The minimum atomic E-state index is -1.08. The number of nitrogens with two attached hydrogens (primary N) is 1. The van der Waals surface area contributed by atoms with Gasteiger partial charge in [-0.05, 0) is 17.7 Å². The van der Waals surface area contributed by atoms with Crippen LogP contribution in [0.2, 0.25) is 5.02 Å². The number of carboxylic acids is 1. The second-order valence-electron chi connectivity index (χ2n) is 3.78. The van der Waals surface area contributed by atoms with E-state index in [2.05, 4.69) is 0 Å². The lowest BCUT2D eigenvalue weighted by molar-refractivity contribution is -0.138. The molecule has 0 aliphatic carbocycles. The van der Waals surface area contributed by atoms with Crippen molar-refractivity contribution in [2.24, 2.45) is 5.73 Å². The van der Waals surface area contributed by atoms with Gasteiger partial charge in [-0.2, -0.15) is 11.8 Å². The molecule has 0 spiro atoms. The molecule has 2 rings (SSSR count). The first-order valence-corrected chi connectivity index (χ1v) is 6.63. The van der Waals surface area contributed by atoms with Gasteiger partial charge < -0.3 is 15.6 Å². The number of rotatable bonds is 4. The monoisotopic (exact) mass is 273 g/mol. The lowest BCUT2D eigenvalue weighted by Gasteiger charge is -2.26. The largest absolute Gasteiger partial charge is 0.487 e. The summed E-state index contributed by atoms with van der Waals surface area (Å²) < 4.78 is 5.64. The third-order valence-corrected chi connectivity index (χ3v) is 3.99. The first-order valence-electron chi connectivity index (χ1n) is 5.10. The average Bonchev–Trinajstić information content (AvgIpc) is 2.23. The van der Waals surface area contributed by atoms with Gasteiger partial charge in [-0.3, -0.25) is 4.79 Å². The van der Waals surface area contributed by atoms with E-state index < -0.39 is 12.0 Å². The van der Waals surface area contributed by atoms with Crippen molar-refractivity contribution in [2.75, 3.05) is 11.5 Å². The molecule has 1 heterocycles. The molecule has 1 aromatic carbocycles. The Morgan fingerprint density at radius 3 is 2.76 bits per heavy atom. The summed E-state index contributed by atoms with van der Waals surface area (Å²) in [7, 11) is 0. The Morgan fingerprint density at radius 1 is 1.59 bits per heavy atom. The zero-order chi connectivity index (χ0) is 12.4. The third-order valence-electron chi connectivity index (χ3n) is 2.48. The highest BCUT2D eigenvalue weighted by Gasteiger charge is 2.22. The molecule has 1 saturated heterocycles. The van der Waals surface area contributed by atoms with E-state index in [9.17, 15) is 4.79 Å². The van der Waals surface area contributed by atoms with Gasteiger partial charge in [0.1, 0.15) is 17.9 Å². The zero-order valence-electron chi connectivity index (χ0n) is 8.93. The molecular formula is C11H12ClNO3S. The van der Waals surface area contributed by atoms with E-state index in [0.717, 1.165) is 11.5 Å². The first-order chi connectivity index (χ1) is 8.08. The van der Waals surface area contributed by atoms with Crippen molar-refractivity contribution >= 4 is 29.3 Å². The van der Waals surface area contributed by atoms with Gasteiger partial charge in [-0.1, -0.05) is 17.7 Å². The molecule has 17 heavy (non-hydrogen) atoms. The van der Waals surface area contributed by atoms with E-state index in [4.69, 9.17) is 27.2 Å². The van der Waals surface area contributed by atoms with Crippen LogP contribution in [0, 0.1) is 0 Å². The van der Waals surface area contributed by atoms with Crippen molar-refractivity contribution in [3.05, 3.63) is 28.8 Å². The molecule has 4 nitrogen and oxygen atoms in total. The van der Waals surface area contributed by atoms with Crippen molar-refractivity contribution < 1.29 is 14.6 Å². The highest BCUT2D eigenvalue weighted by molar-refractivity contribution is 8.00. The maximum absolute atomic E-state index is 10.7. The number of ether oxygens (including phenoxy) is 1. The van der Waals surface area contributed by atoms with Crippen LogP contribution < -0.4 is 10.5 Å². The fraction of sp³-hybridized carbons (Fsp3) is 0.364. The van der Waals surface area contributed by atoms with E-state index >= 15 is 0 Å². The van der Waals surface area contributed by atoms with E-state index in [0.29, 0.717) is 16.3 Å². The topological polar surface area (TPSA) is 72.6 Å². The molecule has 1 aliphatic heterocycles. The van der Waals surface area contributed by atoms with Crippen LogP contribution in [0.4, 0.5) is 0 Å². The predicted molar refractivity (Wildman–Crippen MR) is 67.8 cm³/mol. The normalized spacial score (nSPS) is 17.3. The second-order valence-corrected chi connectivity index (χ2v) is 5.27. The maximum Gasteiger partial charge on any atom is 0.325 e. The van der Waals surface area contributed by atoms with Gasteiger partial charge in [0.15, 0.2) is 0 Å². The highest BCUT2D eigenvalue weighted by atomic mass is 35.5. The summed E-state index contributed by atoms with van der Waals surface area (Å²) in [5.74, 6) is 1.43. The molecule has 1 unspecified atom stereocenters. The summed E-state index contributed by atoms with van der Waals surface area (Å²) in [5.41, 5.74) is 5.96. The van der Waals surface area contributed by atoms with Gasteiger partial charge in [0.05, 0.1) is 5.02 Å². The average molecular weight is 274 g/mol. The lowest BCUT2D eigenvalue weighted by atomic mass is 10.1. The molecule has 6 heteroatoms. The Bertz CT molecular complexity index is 437. The number of carbonyl (C=O) groups is 1. The van der Waals surface area contributed by atoms with Gasteiger partial charge in [-0.15, -0.1) is 0 Å². The fourth-order valence-corrected chi connectivity index (χ4v) is 2.21. The van der Waals surface area contributed by atoms with Gasteiger partial charge >= 0.3 is 5.97 Å². The Morgan fingerprint density at radius 2 is 2.29 bits per heavy atom. The van der Waals surface area contributed by atoms with Crippen LogP contribution >= 0.6 is 23.4 Å². The molecule has 1 atom stereocenters. The number of benzene rings is 1. The Kier molecular flexibility index (Phi) is 3.81. The molecule has 0 bridgehead atoms. The molecule has 3 N–H and O–H groups in total. The molecule has 1 aliphatic rings. The summed E-state index contributed by atoms with van der Waals surface area (Å²) in [6.07, 6.45) is 0.205. The van der Waals surface area contributed by atoms with Crippen LogP contribution in [0.25, 0.3) is 0 Å². The van der Waals surface area contributed by atoms with Gasteiger partial charge in [-0.25, -0.2) is 0 Å². The van der Waals surface area contributed by atoms with Crippen molar-refractivity contribution in [1.29, 1.82) is 0 Å². The van der Waals surface area contributed by atoms with Gasteiger partial charge in [0, 0.05) is 11.5 Å². The molecule has 0 amide bonds. The summed E-state index contributed by atoms with van der Waals surface area (Å²) in [4.78, 5) is 10.7. The highest BCUT2D eigenvalue weighted by Crippen LogP contribution is 2.31. The Hall–Kier alpha value is -0.910. The van der Waals surface area contributed by atoms with E-state index in [1.165, 1.54) is 0 Å². The fourth-order valence-electron chi connectivity index (χ4n) is 1.41. The Labute approximate surface area is 108 Å². The smallest absolute Gasteiger partial charge is 0.325 e. The molecule has 1 aromatic rings. The van der Waals surface area contributed by atoms with Crippen molar-refractivity contribution in [1.82, 2.24) is 0 Å². The number of aliphatic carboxylic acids is 1. The minimum absolute atomic E-state index is 0.205. The van der Waals surface area contributed by atoms with Gasteiger partial charge in [0.2, 0.25) is 0 Å². The summed E-state index contributed by atoms with van der Waals surface area (Å²) in [6, 6.07) is 3.79. The van der Waals surface area contributed by atoms with Crippen LogP contribution in [0.5, 0.6) is 5.75 Å². The number of halogens is 1. The predicted octanol–water partition coefficient (Wildman–Crippen LogP) is 1.92. The Balaban J connectivity index is 2.13. The molecule has 0 aromatic heterocycles. The summed E-state index contributed by atoms with van der Waals surface area (Å²) in [6.45, 7) is 0. The zero-order valence-corrected chi connectivity index (χ0v) is 10.5. The third kappa shape index (κ3) is 2.86. The molecule has 0 radical (unpaired) electrons. The molecular weight excluding hydrogens is 262 g/mol. The van der Waals surface area contributed by atoms with Crippen molar-refractivity contribution in [3.63, 3.8) is 0 Å². The standard InChI is InChI=1S/C11H12ClNO3S/c12-8-3-6(10(13)11(14)15)1-2-9(8)16-7-4-17-5-7/h1-3,7,10H,4-5,13H2,(H,14,15). The lowest BCUT2D eigenvalue weighted by Crippen LogP contribution is -2.31.